The van der Waals surface area contributed by atoms with E-state index >= 15 is 0 Å². The Morgan fingerprint density at radius 2 is 1.83 bits per heavy atom. The number of hydrogen-bond donors (Lipinski definition) is 2. The van der Waals surface area contributed by atoms with Gasteiger partial charge in [0.25, 0.3) is 5.91 Å². The Hall–Kier alpha value is -2.42. The van der Waals surface area contributed by atoms with E-state index < -0.39 is 10.0 Å². The average Bonchev–Trinajstić information content (AvgIpc) is 2.72. The van der Waals surface area contributed by atoms with E-state index in [2.05, 4.69) is 11.8 Å². The summed E-state index contributed by atoms with van der Waals surface area (Å²) in [5.41, 5.74) is 1.56. The molecule has 0 aromatic heterocycles. The molecular formula is C21H28N3O4S+. The lowest BCUT2D eigenvalue weighted by Gasteiger charge is -2.30. The van der Waals surface area contributed by atoms with Crippen LogP contribution in [0.15, 0.2) is 53.4 Å². The Bertz CT molecular complexity index is 940. The molecule has 2 N–H and O–H groups in total. The first-order valence-electron chi connectivity index (χ1n) is 9.71. The summed E-state index contributed by atoms with van der Waals surface area (Å²) in [5.74, 6) is 0.471. The van der Waals surface area contributed by atoms with Crippen LogP contribution in [0.4, 0.5) is 0 Å². The van der Waals surface area contributed by atoms with Crippen LogP contribution in [0, 0.1) is 6.92 Å². The van der Waals surface area contributed by atoms with Crippen molar-refractivity contribution >= 4 is 15.9 Å². The second kappa shape index (κ2) is 9.39. The monoisotopic (exact) mass is 418 g/mol. The molecule has 0 radical (unpaired) electrons. The number of hydrogen-bond acceptors (Lipinski definition) is 4. The van der Waals surface area contributed by atoms with Gasteiger partial charge in [0.05, 0.1) is 38.1 Å². The smallest absolute Gasteiger partial charge is 0.260 e. The first kappa shape index (κ1) is 21.3. The van der Waals surface area contributed by atoms with Crippen LogP contribution in [0.1, 0.15) is 11.1 Å². The zero-order valence-corrected chi connectivity index (χ0v) is 17.7. The summed E-state index contributed by atoms with van der Waals surface area (Å²) in [7, 11) is -1.52. The number of rotatable bonds is 7. The van der Waals surface area contributed by atoms with Gasteiger partial charge in [0.1, 0.15) is 5.75 Å². The van der Waals surface area contributed by atoms with Crippen molar-refractivity contribution in [3.8, 4) is 5.75 Å². The van der Waals surface area contributed by atoms with Crippen LogP contribution in [0.5, 0.6) is 5.75 Å². The van der Waals surface area contributed by atoms with Gasteiger partial charge in [0.2, 0.25) is 10.0 Å². The van der Waals surface area contributed by atoms with Gasteiger partial charge in [0.15, 0.2) is 6.61 Å². The van der Waals surface area contributed by atoms with E-state index in [4.69, 9.17) is 4.74 Å². The highest BCUT2D eigenvalue weighted by Gasteiger charge is 2.22. The molecule has 1 amide bonds. The number of piperazine rings is 1. The maximum absolute atomic E-state index is 12.6. The van der Waals surface area contributed by atoms with Gasteiger partial charge in [-0.15, -0.1) is 0 Å². The molecule has 0 unspecified atom stereocenters. The van der Waals surface area contributed by atoms with Crippen molar-refractivity contribution in [3.05, 3.63) is 59.7 Å². The molecule has 1 aliphatic rings. The van der Waals surface area contributed by atoms with E-state index in [1.165, 1.54) is 11.0 Å². The van der Waals surface area contributed by atoms with E-state index in [0.717, 1.165) is 31.7 Å². The summed E-state index contributed by atoms with van der Waals surface area (Å²) < 4.78 is 33.4. The Kier molecular flexibility index (Phi) is 6.89. The number of nitrogens with zero attached hydrogens (tertiary/aromatic N) is 1. The third-order valence-corrected chi connectivity index (χ3v) is 6.49. The molecule has 156 valence electrons. The molecule has 1 heterocycles. The minimum atomic E-state index is -3.63. The number of amides is 1. The second-order valence-corrected chi connectivity index (χ2v) is 9.13. The maximum Gasteiger partial charge on any atom is 0.260 e. The van der Waals surface area contributed by atoms with E-state index in [1.54, 1.807) is 19.1 Å². The molecule has 3 rings (SSSR count). The molecule has 0 bridgehead atoms. The van der Waals surface area contributed by atoms with Gasteiger partial charge >= 0.3 is 0 Å². The second-order valence-electron chi connectivity index (χ2n) is 7.36. The minimum absolute atomic E-state index is 0.0434. The fraction of sp³-hybridized carbons (Fsp3) is 0.381. The number of sulfonamides is 1. The molecule has 29 heavy (non-hydrogen) atoms. The van der Waals surface area contributed by atoms with Gasteiger partial charge in [-0.2, -0.15) is 0 Å². The Morgan fingerprint density at radius 3 is 2.48 bits per heavy atom. The van der Waals surface area contributed by atoms with Crippen molar-refractivity contribution in [2.45, 2.75) is 18.4 Å². The molecule has 1 saturated heterocycles. The summed E-state index contributed by atoms with van der Waals surface area (Å²) in [6, 6.07) is 14.0. The largest absolute Gasteiger partial charge is 0.483 e. The van der Waals surface area contributed by atoms with Crippen molar-refractivity contribution in [2.24, 2.45) is 0 Å². The zero-order chi connectivity index (χ0) is 20.9. The lowest BCUT2D eigenvalue weighted by Crippen LogP contribution is -3.12. The number of quaternary nitrogens is 1. The molecule has 1 fully saturated rings. The van der Waals surface area contributed by atoms with Gasteiger partial charge in [0, 0.05) is 6.54 Å². The highest BCUT2D eigenvalue weighted by Crippen LogP contribution is 2.22. The number of aryl methyl sites for hydroxylation is 1. The Morgan fingerprint density at radius 1 is 1.14 bits per heavy atom. The molecular weight excluding hydrogens is 390 g/mol. The highest BCUT2D eigenvalue weighted by molar-refractivity contribution is 7.89. The predicted molar refractivity (Wildman–Crippen MR) is 110 cm³/mol. The third kappa shape index (κ3) is 5.79. The maximum atomic E-state index is 12.6. The van der Waals surface area contributed by atoms with Crippen LogP contribution in [0.3, 0.4) is 0 Å². The topological polar surface area (TPSA) is 80.1 Å². The standard InChI is InChI=1S/C21H27N3O4S/c1-17-14-19(29(26,27)22-15-18-6-4-3-5-7-18)8-9-20(17)28-16-21(25)24-12-10-23(2)11-13-24/h3-9,14,22H,10-13,15-16H2,1-2H3/p+1. The lowest BCUT2D eigenvalue weighted by molar-refractivity contribution is -0.883. The van der Waals surface area contributed by atoms with Gasteiger partial charge in [-0.05, 0) is 36.2 Å². The summed E-state index contributed by atoms with van der Waals surface area (Å²) in [5, 5.41) is 0. The lowest BCUT2D eigenvalue weighted by atomic mass is 10.2. The number of nitrogens with one attached hydrogen (secondary N) is 2. The van der Waals surface area contributed by atoms with Gasteiger partial charge in [-0.25, -0.2) is 13.1 Å². The first-order chi connectivity index (χ1) is 13.8. The molecule has 7 nitrogen and oxygen atoms in total. The SMILES string of the molecule is Cc1cc(S(=O)(=O)NCc2ccccc2)ccc1OCC(=O)N1CC[NH+](C)CC1. The Labute approximate surface area is 172 Å². The molecule has 0 aliphatic carbocycles. The molecule has 1 aliphatic heterocycles. The number of ether oxygens (including phenoxy) is 1. The van der Waals surface area contributed by atoms with Crippen LogP contribution in [0.25, 0.3) is 0 Å². The van der Waals surface area contributed by atoms with E-state index in [9.17, 15) is 13.2 Å². The van der Waals surface area contributed by atoms with Crippen molar-refractivity contribution in [1.29, 1.82) is 0 Å². The number of likely N-dealkylation sites (N-methyl/N-ethyl adjacent to an activating group) is 1. The van der Waals surface area contributed by atoms with Crippen molar-refractivity contribution < 1.29 is 22.8 Å². The third-order valence-electron chi connectivity index (χ3n) is 5.09. The fourth-order valence-corrected chi connectivity index (χ4v) is 4.28. The van der Waals surface area contributed by atoms with Crippen molar-refractivity contribution in [1.82, 2.24) is 9.62 Å². The number of carbonyl (C=O) groups is 1. The fourth-order valence-electron chi connectivity index (χ4n) is 3.18. The highest BCUT2D eigenvalue weighted by atomic mass is 32.2. The van der Waals surface area contributed by atoms with E-state index in [0.29, 0.717) is 11.3 Å². The molecule has 8 heteroatoms. The summed E-state index contributed by atoms with van der Waals surface area (Å²) in [4.78, 5) is 15.7. The molecule has 0 saturated carbocycles. The van der Waals surface area contributed by atoms with Crippen LogP contribution in [-0.2, 0) is 21.4 Å². The van der Waals surface area contributed by atoms with Crippen molar-refractivity contribution in [2.75, 3.05) is 39.8 Å². The van der Waals surface area contributed by atoms with Gasteiger partial charge in [-0.3, -0.25) is 4.79 Å². The van der Waals surface area contributed by atoms with Crippen LogP contribution < -0.4 is 14.4 Å². The first-order valence-corrected chi connectivity index (χ1v) is 11.2. The normalized spacial score (nSPS) is 15.3. The van der Waals surface area contributed by atoms with Crippen LogP contribution in [0.2, 0.25) is 0 Å². The van der Waals surface area contributed by atoms with Crippen LogP contribution >= 0.6 is 0 Å². The van der Waals surface area contributed by atoms with E-state index in [-0.39, 0.29) is 24.0 Å². The summed E-state index contributed by atoms with van der Waals surface area (Å²) in [6.07, 6.45) is 0. The minimum Gasteiger partial charge on any atom is -0.483 e. The van der Waals surface area contributed by atoms with E-state index in [1.807, 2.05) is 35.2 Å². The quantitative estimate of drug-likeness (QED) is 0.674. The molecule has 0 atom stereocenters. The molecule has 2 aromatic rings. The number of benzene rings is 2. The van der Waals surface area contributed by atoms with Gasteiger partial charge in [-0.1, -0.05) is 30.3 Å². The predicted octanol–water partition coefficient (Wildman–Crippen LogP) is 0.209. The average molecular weight is 419 g/mol. The number of carbonyl (C=O) groups excluding carboxylic acids is 1. The molecule has 0 spiro atoms. The van der Waals surface area contributed by atoms with Crippen LogP contribution in [-0.4, -0.2) is 59.1 Å². The van der Waals surface area contributed by atoms with Gasteiger partial charge < -0.3 is 14.5 Å². The summed E-state index contributed by atoms with van der Waals surface area (Å²) in [6.45, 7) is 5.30. The molecule has 2 aromatic carbocycles. The summed E-state index contributed by atoms with van der Waals surface area (Å²) >= 11 is 0. The van der Waals surface area contributed by atoms with Crippen molar-refractivity contribution in [3.63, 3.8) is 0 Å². The zero-order valence-electron chi connectivity index (χ0n) is 16.8. The Balaban J connectivity index is 1.58.